The summed E-state index contributed by atoms with van der Waals surface area (Å²) < 4.78 is 40.8. The van der Waals surface area contributed by atoms with Crippen LogP contribution in [0.1, 0.15) is 183 Å². The van der Waals surface area contributed by atoms with E-state index in [0.717, 1.165) is 25.0 Å². The van der Waals surface area contributed by atoms with Gasteiger partial charge in [-0.1, -0.05) is 157 Å². The van der Waals surface area contributed by atoms with Gasteiger partial charge in [0.05, 0.1) is 5.75 Å². The van der Waals surface area contributed by atoms with Gasteiger partial charge in [0.1, 0.15) is 18.9 Å². The summed E-state index contributed by atoms with van der Waals surface area (Å²) in [4.78, 5) is 42.0. The number of H-pyrrole nitrogens is 1. The molecule has 0 aliphatic rings. The summed E-state index contributed by atoms with van der Waals surface area (Å²) in [5.74, 6) is 1.28. The highest BCUT2D eigenvalue weighted by Gasteiger charge is 2.22. The van der Waals surface area contributed by atoms with E-state index in [0.29, 0.717) is 30.7 Å². The Morgan fingerprint density at radius 2 is 1.12 bits per heavy atom. The summed E-state index contributed by atoms with van der Waals surface area (Å²) in [7, 11) is -6.57. The molecule has 0 saturated carbocycles. The Labute approximate surface area is 433 Å². The molecule has 3 aromatic rings. The van der Waals surface area contributed by atoms with Crippen LogP contribution in [0.5, 0.6) is 0 Å². The van der Waals surface area contributed by atoms with Crippen LogP contribution in [0.3, 0.4) is 0 Å². The number of hydrogen-bond acceptors (Lipinski definition) is 16. The minimum Gasteiger partial charge on any atom is -0.480 e. The van der Waals surface area contributed by atoms with Crippen LogP contribution < -0.4 is 0 Å². The number of carbonyl (C=O) groups is 3. The average Bonchev–Trinajstić information content (AvgIpc) is 3.78. The summed E-state index contributed by atoms with van der Waals surface area (Å²) in [6.45, 7) is 48.8. The second kappa shape index (κ2) is 31.8. The number of nitrogens with one attached hydrogen (secondary N) is 1. The van der Waals surface area contributed by atoms with E-state index in [1.165, 1.54) is 23.1 Å². The molecule has 22 nitrogen and oxygen atoms in total. The standard InChI is InChI=1S/C9H16N4O.C8H14N4O2.C7H14O.C6H15BO.C6H12N4.C6H15O2P.C5H12O3S/c1-7(14)6-13-11-8(10-12-13)5-9(2,3)4;1-8(2,3)4-6-9-10-11-12(6)5-7(13)14;1-6(8)5-7(2,3)4;1-6(2,3)5-7(4)8;1-6(2,3)4-5-7-9-10-8-5;1-6(2,3)5-9(4,7)8;1-5(2,3)4-9(6,7)8/h5-6H2,1-4H3;4-5H2,1-3H3,(H,13,14);5H2,1-4H3;8H,5H2,1-4H3;4H2,1-3H3,(H,7,8,9,10);5H2,1-4H3,(H,7,8);4H2,1-3H3,(H,6,7,8). The highest BCUT2D eigenvalue weighted by molar-refractivity contribution is 7.85. The Morgan fingerprint density at radius 3 is 1.38 bits per heavy atom. The summed E-state index contributed by atoms with van der Waals surface area (Å²) in [6, 6.07) is 0. The molecule has 5 N–H and O–H groups in total. The van der Waals surface area contributed by atoms with Crippen molar-refractivity contribution in [3.05, 3.63) is 17.5 Å². The third-order valence-corrected chi connectivity index (χ3v) is 10.0. The van der Waals surface area contributed by atoms with E-state index >= 15 is 0 Å². The summed E-state index contributed by atoms with van der Waals surface area (Å²) in [6.07, 6.45) is 4.27. The van der Waals surface area contributed by atoms with Crippen molar-refractivity contribution in [2.24, 2.45) is 37.9 Å². The van der Waals surface area contributed by atoms with Gasteiger partial charge in [-0.15, -0.1) is 25.5 Å². The Hall–Kier alpha value is -3.86. The molecule has 0 bridgehead atoms. The predicted molar refractivity (Wildman–Crippen MR) is 286 cm³/mol. The Kier molecular flexibility index (Phi) is 33.0. The first-order valence-corrected chi connectivity index (χ1v) is 27.8. The maximum Gasteiger partial charge on any atom is 0.325 e. The van der Waals surface area contributed by atoms with Gasteiger partial charge >= 0.3 is 5.97 Å². The van der Waals surface area contributed by atoms with Crippen LogP contribution in [-0.4, -0.2) is 132 Å². The van der Waals surface area contributed by atoms with E-state index in [1.807, 2.05) is 48.4 Å². The lowest BCUT2D eigenvalue weighted by Gasteiger charge is -2.19. The lowest BCUT2D eigenvalue weighted by Crippen LogP contribution is -2.19. The van der Waals surface area contributed by atoms with Crippen molar-refractivity contribution in [1.29, 1.82) is 0 Å². The molecule has 0 spiro atoms. The smallest absolute Gasteiger partial charge is 0.325 e. The van der Waals surface area contributed by atoms with Crippen molar-refractivity contribution in [3.8, 4) is 0 Å². The lowest BCUT2D eigenvalue weighted by molar-refractivity contribution is -0.138. The zero-order valence-electron chi connectivity index (χ0n) is 49.0. The third kappa shape index (κ3) is 62.3. The number of ketones is 2. The number of nitrogens with zero attached hydrogens (tertiary/aromatic N) is 11. The molecule has 0 amide bonds. The van der Waals surface area contributed by atoms with E-state index in [1.54, 1.807) is 27.7 Å². The highest BCUT2D eigenvalue weighted by Crippen LogP contribution is 2.41. The molecule has 1 unspecified atom stereocenters. The van der Waals surface area contributed by atoms with Crippen molar-refractivity contribution < 1.29 is 46.9 Å². The SMILES string of the molecule is CB(O)CC(C)(C)C.CC(=O)CC(C)(C)C.CC(=O)Cn1nnc(CC(C)(C)C)n1.CC(C)(C)CP(C)(=O)O.CC(C)(C)CS(=O)(=O)O.CC(C)(C)Cc1nn[nH]n1.CC(C)(C)Cc1nnnn1CC(=O)O. The van der Waals surface area contributed by atoms with Crippen molar-refractivity contribution >= 4 is 41.9 Å². The Morgan fingerprint density at radius 1 is 0.653 bits per heavy atom. The van der Waals surface area contributed by atoms with E-state index in [2.05, 4.69) is 135 Å². The minimum absolute atomic E-state index is 0.0287. The number of aromatic nitrogens is 12. The fourth-order valence-electron chi connectivity index (χ4n) is 5.95. The van der Waals surface area contributed by atoms with E-state index in [4.69, 9.17) is 19.6 Å². The second-order valence-electron chi connectivity index (χ2n) is 26.7. The minimum atomic E-state index is -3.78. The van der Waals surface area contributed by atoms with E-state index < -0.39 is 23.5 Å². The molecule has 1 atom stereocenters. The van der Waals surface area contributed by atoms with Crippen molar-refractivity contribution in [2.75, 3.05) is 18.6 Å². The molecule has 3 aromatic heterocycles. The lowest BCUT2D eigenvalue weighted by atomic mass is 9.60. The van der Waals surface area contributed by atoms with Gasteiger partial charge in [-0.3, -0.25) is 18.7 Å². The van der Waals surface area contributed by atoms with Crippen LogP contribution in [0.4, 0.5) is 0 Å². The molecule has 3 heterocycles. The molecule has 25 heteroatoms. The van der Waals surface area contributed by atoms with E-state index in [9.17, 15) is 27.4 Å². The first-order chi connectivity index (χ1) is 31.6. The van der Waals surface area contributed by atoms with Crippen molar-refractivity contribution in [3.63, 3.8) is 0 Å². The van der Waals surface area contributed by atoms with Gasteiger partial charge in [0.2, 0.25) is 0 Å². The van der Waals surface area contributed by atoms with Crippen LogP contribution in [0.2, 0.25) is 13.1 Å². The monoisotopic (exact) mass is 1060 g/mol. The van der Waals surface area contributed by atoms with Crippen LogP contribution in [-0.2, 0) is 61.4 Å². The van der Waals surface area contributed by atoms with Gasteiger partial charge in [-0.2, -0.15) is 18.4 Å². The van der Waals surface area contributed by atoms with Crippen LogP contribution in [0.25, 0.3) is 0 Å². The second-order valence-corrected chi connectivity index (χ2v) is 30.6. The van der Waals surface area contributed by atoms with Crippen LogP contribution in [0.15, 0.2) is 0 Å². The number of aromatic amines is 1. The molecule has 0 radical (unpaired) electrons. The van der Waals surface area contributed by atoms with Crippen LogP contribution >= 0.6 is 7.37 Å². The number of aliphatic carboxylic acids is 1. The quantitative estimate of drug-likeness (QED) is 0.0682. The number of rotatable bonds is 11. The predicted octanol–water partition coefficient (Wildman–Crippen LogP) is 8.50. The zero-order valence-corrected chi connectivity index (χ0v) is 50.7. The van der Waals surface area contributed by atoms with Gasteiger partial charge in [0.25, 0.3) is 17.0 Å². The topological polar surface area (TPSA) is 325 Å². The number of carboxylic acid groups (broad SMARTS) is 1. The largest absolute Gasteiger partial charge is 0.480 e. The molecule has 0 saturated heterocycles. The van der Waals surface area contributed by atoms with Gasteiger partial charge in [0, 0.05) is 38.5 Å². The van der Waals surface area contributed by atoms with Gasteiger partial charge in [-0.25, -0.2) is 4.68 Å². The number of Topliss-reactive ketones (excluding diaryl/α,β-unsaturated/α-hetero) is 2. The molecule has 0 fully saturated rings. The molecule has 0 aliphatic carbocycles. The molecule has 3 rings (SSSR count). The molecular weight excluding hydrogens is 966 g/mol. The van der Waals surface area contributed by atoms with Gasteiger partial charge < -0.3 is 19.8 Å². The summed E-state index contributed by atoms with van der Waals surface area (Å²) >= 11 is 0. The fourth-order valence-corrected chi connectivity index (χ4v) is 8.81. The van der Waals surface area contributed by atoms with Crippen LogP contribution in [0, 0.1) is 37.9 Å². The molecule has 0 aromatic carbocycles. The molecular formula is C47H98BN12O10PS. The Balaban J connectivity index is -0.000000380. The summed E-state index contributed by atoms with van der Waals surface area (Å²) in [5.41, 5.74) is 0.492. The molecule has 420 valence electrons. The highest BCUT2D eigenvalue weighted by atomic mass is 32.2. The normalized spacial score (nSPS) is 12.9. The zero-order chi connectivity index (χ0) is 58.1. The number of carboxylic acids is 1. The van der Waals surface area contributed by atoms with Crippen molar-refractivity contribution in [1.82, 2.24) is 61.0 Å². The van der Waals surface area contributed by atoms with E-state index in [-0.39, 0.29) is 75.2 Å². The first-order valence-electron chi connectivity index (χ1n) is 23.9. The maximum atomic E-state index is 10.8. The maximum absolute atomic E-state index is 10.8. The van der Waals surface area contributed by atoms with Gasteiger partial charge in [0.15, 0.2) is 30.6 Å². The number of hydrogen-bond donors (Lipinski definition) is 5. The number of carbonyl (C=O) groups excluding carboxylic acids is 2. The molecule has 0 aliphatic heterocycles. The molecule has 72 heavy (non-hydrogen) atoms. The fraction of sp³-hybridized carbons (Fsp3) is 0.872. The summed E-state index contributed by atoms with van der Waals surface area (Å²) in [5, 5.41) is 53.7. The number of tetrazole rings is 3. The van der Waals surface area contributed by atoms with Crippen molar-refractivity contribution in [2.45, 2.75) is 211 Å². The average molecular weight is 1070 g/mol. The third-order valence-electron chi connectivity index (χ3n) is 7.27. The Bertz CT molecular complexity index is 2130. The first kappa shape index (κ1) is 74.7. The van der Waals surface area contributed by atoms with Gasteiger partial charge in [-0.05, 0) is 73.7 Å².